The number of hydrogen-bond donors (Lipinski definition) is 2. The second-order valence-electron chi connectivity index (χ2n) is 4.40. The van der Waals surface area contributed by atoms with Gasteiger partial charge in [0.05, 0.1) is 29.1 Å². The second-order valence-corrected chi connectivity index (χ2v) is 4.81. The Kier molecular flexibility index (Phi) is 5.68. The molecule has 0 aliphatic rings. The van der Waals surface area contributed by atoms with Crippen LogP contribution in [0.2, 0.25) is 5.02 Å². The molecule has 0 radical (unpaired) electrons. The fraction of sp³-hybridized carbons (Fsp3) is 0.200. The number of nitrogens with zero attached hydrogens (tertiary/aromatic N) is 1. The van der Waals surface area contributed by atoms with Crippen LogP contribution in [-0.4, -0.2) is 31.2 Å². The lowest BCUT2D eigenvalue weighted by Gasteiger charge is -2.09. The standard InChI is InChI=1S/C15H15ClFN3O2/c1-22-8-7-18-13-6-5-10(9-19-13)20-15(21)14-11(16)3-2-4-12(14)17/h2-6,9H,7-8H2,1H3,(H,18,19)(H,20,21). The van der Waals surface area contributed by atoms with Crippen molar-refractivity contribution in [3.63, 3.8) is 0 Å². The second kappa shape index (κ2) is 7.72. The van der Waals surface area contributed by atoms with Crippen molar-refractivity contribution in [2.24, 2.45) is 0 Å². The van der Waals surface area contributed by atoms with Gasteiger partial charge in [0, 0.05) is 13.7 Å². The first-order valence-corrected chi connectivity index (χ1v) is 6.94. The third kappa shape index (κ3) is 4.16. The minimum Gasteiger partial charge on any atom is -0.383 e. The molecule has 2 N–H and O–H groups in total. The van der Waals surface area contributed by atoms with Gasteiger partial charge in [0.1, 0.15) is 11.6 Å². The maximum Gasteiger partial charge on any atom is 0.260 e. The fourth-order valence-corrected chi connectivity index (χ4v) is 2.01. The number of aromatic nitrogens is 1. The van der Waals surface area contributed by atoms with Crippen LogP contribution in [0.1, 0.15) is 10.4 Å². The van der Waals surface area contributed by atoms with Crippen LogP contribution >= 0.6 is 11.6 Å². The molecule has 7 heteroatoms. The average molecular weight is 324 g/mol. The number of benzene rings is 1. The number of pyridine rings is 1. The first-order valence-electron chi connectivity index (χ1n) is 6.56. The van der Waals surface area contributed by atoms with E-state index in [-0.39, 0.29) is 10.6 Å². The van der Waals surface area contributed by atoms with Gasteiger partial charge in [-0.2, -0.15) is 0 Å². The quantitative estimate of drug-likeness (QED) is 0.801. The van der Waals surface area contributed by atoms with Gasteiger partial charge in [-0.15, -0.1) is 0 Å². The van der Waals surface area contributed by atoms with Gasteiger partial charge in [0.2, 0.25) is 0 Å². The lowest BCUT2D eigenvalue weighted by molar-refractivity contribution is 0.102. The third-order valence-corrected chi connectivity index (χ3v) is 3.14. The lowest BCUT2D eigenvalue weighted by atomic mass is 10.2. The Morgan fingerprint density at radius 2 is 2.18 bits per heavy atom. The van der Waals surface area contributed by atoms with E-state index in [1.807, 2.05) is 0 Å². The van der Waals surface area contributed by atoms with Crippen LogP contribution in [0.4, 0.5) is 15.9 Å². The van der Waals surface area contributed by atoms with Crippen molar-refractivity contribution in [3.8, 4) is 0 Å². The lowest BCUT2D eigenvalue weighted by Crippen LogP contribution is -2.15. The normalized spacial score (nSPS) is 10.3. The SMILES string of the molecule is COCCNc1ccc(NC(=O)c2c(F)cccc2Cl)cn1. The summed E-state index contributed by atoms with van der Waals surface area (Å²) in [6, 6.07) is 7.45. The van der Waals surface area contributed by atoms with E-state index in [1.54, 1.807) is 19.2 Å². The molecule has 0 unspecified atom stereocenters. The van der Waals surface area contributed by atoms with Crippen molar-refractivity contribution in [2.45, 2.75) is 0 Å². The molecule has 0 aliphatic heterocycles. The van der Waals surface area contributed by atoms with Gasteiger partial charge in [0.25, 0.3) is 5.91 Å². The molecule has 5 nitrogen and oxygen atoms in total. The highest BCUT2D eigenvalue weighted by molar-refractivity contribution is 6.34. The van der Waals surface area contributed by atoms with E-state index in [0.29, 0.717) is 24.7 Å². The highest BCUT2D eigenvalue weighted by atomic mass is 35.5. The van der Waals surface area contributed by atoms with E-state index in [0.717, 1.165) is 0 Å². The van der Waals surface area contributed by atoms with E-state index in [9.17, 15) is 9.18 Å². The first-order chi connectivity index (χ1) is 10.6. The monoisotopic (exact) mass is 323 g/mol. The number of carbonyl (C=O) groups excluding carboxylic acids is 1. The molecule has 0 spiro atoms. The summed E-state index contributed by atoms with van der Waals surface area (Å²) in [4.78, 5) is 16.2. The molecule has 1 aromatic carbocycles. The minimum absolute atomic E-state index is 0.0586. The maximum absolute atomic E-state index is 13.7. The highest BCUT2D eigenvalue weighted by Gasteiger charge is 2.15. The average Bonchev–Trinajstić information content (AvgIpc) is 2.49. The number of rotatable bonds is 6. The number of anilines is 2. The van der Waals surface area contributed by atoms with Crippen molar-refractivity contribution in [1.29, 1.82) is 0 Å². The smallest absolute Gasteiger partial charge is 0.260 e. The molecular formula is C15H15ClFN3O2. The van der Waals surface area contributed by atoms with E-state index in [4.69, 9.17) is 16.3 Å². The number of nitrogens with one attached hydrogen (secondary N) is 2. The van der Waals surface area contributed by atoms with Crippen molar-refractivity contribution < 1.29 is 13.9 Å². The third-order valence-electron chi connectivity index (χ3n) is 2.82. The molecule has 0 aliphatic carbocycles. The number of amides is 1. The zero-order valence-corrected chi connectivity index (χ0v) is 12.7. The summed E-state index contributed by atoms with van der Waals surface area (Å²) in [6.07, 6.45) is 1.47. The van der Waals surface area contributed by atoms with Crippen molar-refractivity contribution in [3.05, 3.63) is 52.9 Å². The Balaban J connectivity index is 2.03. The highest BCUT2D eigenvalue weighted by Crippen LogP contribution is 2.20. The number of methoxy groups -OCH3 is 1. The molecule has 0 bridgehead atoms. The van der Waals surface area contributed by atoms with Crippen LogP contribution in [0.15, 0.2) is 36.5 Å². The van der Waals surface area contributed by atoms with Gasteiger partial charge < -0.3 is 15.4 Å². The Hall–Kier alpha value is -2.18. The van der Waals surface area contributed by atoms with Crippen LogP contribution in [0.5, 0.6) is 0 Å². The van der Waals surface area contributed by atoms with E-state index in [1.165, 1.54) is 24.4 Å². The Bertz CT molecular complexity index is 629. The van der Waals surface area contributed by atoms with Crippen LogP contribution < -0.4 is 10.6 Å². The largest absolute Gasteiger partial charge is 0.383 e. The molecule has 1 heterocycles. The zero-order valence-electron chi connectivity index (χ0n) is 11.9. The summed E-state index contributed by atoms with van der Waals surface area (Å²) < 4.78 is 18.6. The summed E-state index contributed by atoms with van der Waals surface area (Å²) in [6.45, 7) is 1.19. The molecule has 2 aromatic rings. The van der Waals surface area contributed by atoms with Crippen LogP contribution in [0, 0.1) is 5.82 Å². The Morgan fingerprint density at radius 3 is 2.82 bits per heavy atom. The van der Waals surface area contributed by atoms with Gasteiger partial charge in [0.15, 0.2) is 0 Å². The number of carbonyl (C=O) groups is 1. The van der Waals surface area contributed by atoms with E-state index in [2.05, 4.69) is 15.6 Å². The van der Waals surface area contributed by atoms with Gasteiger partial charge in [-0.05, 0) is 24.3 Å². The summed E-state index contributed by atoms with van der Waals surface area (Å²) >= 11 is 5.85. The maximum atomic E-state index is 13.7. The molecular weight excluding hydrogens is 309 g/mol. The molecule has 116 valence electrons. The van der Waals surface area contributed by atoms with E-state index < -0.39 is 11.7 Å². The Labute approximate surface area is 132 Å². The van der Waals surface area contributed by atoms with Gasteiger partial charge in [-0.1, -0.05) is 17.7 Å². The molecule has 0 fully saturated rings. The van der Waals surface area contributed by atoms with E-state index >= 15 is 0 Å². The molecule has 22 heavy (non-hydrogen) atoms. The number of halogens is 2. The summed E-state index contributed by atoms with van der Waals surface area (Å²) in [5.41, 5.74) is 0.257. The van der Waals surface area contributed by atoms with Crippen molar-refractivity contribution >= 4 is 29.0 Å². The van der Waals surface area contributed by atoms with Crippen molar-refractivity contribution in [2.75, 3.05) is 30.9 Å². The summed E-state index contributed by atoms with van der Waals surface area (Å²) in [5.74, 6) is -0.639. The van der Waals surface area contributed by atoms with Gasteiger partial charge >= 0.3 is 0 Å². The predicted molar refractivity (Wildman–Crippen MR) is 84.0 cm³/mol. The van der Waals surface area contributed by atoms with Crippen LogP contribution in [-0.2, 0) is 4.74 Å². The molecule has 0 atom stereocenters. The fourth-order valence-electron chi connectivity index (χ4n) is 1.76. The van der Waals surface area contributed by atoms with Crippen LogP contribution in [0.3, 0.4) is 0 Å². The Morgan fingerprint density at radius 1 is 1.36 bits per heavy atom. The summed E-state index contributed by atoms with van der Waals surface area (Å²) in [5, 5.41) is 5.66. The topological polar surface area (TPSA) is 63.2 Å². The molecule has 0 saturated heterocycles. The number of ether oxygens (including phenoxy) is 1. The zero-order chi connectivity index (χ0) is 15.9. The molecule has 2 rings (SSSR count). The first kappa shape index (κ1) is 16.2. The predicted octanol–water partition coefficient (Wildman–Crippen LogP) is 3.18. The van der Waals surface area contributed by atoms with Crippen molar-refractivity contribution in [1.82, 2.24) is 4.98 Å². The molecule has 1 aromatic heterocycles. The van der Waals surface area contributed by atoms with Gasteiger partial charge in [-0.25, -0.2) is 9.37 Å². The minimum atomic E-state index is -0.671. The summed E-state index contributed by atoms with van der Waals surface area (Å²) in [7, 11) is 1.61. The molecule has 1 amide bonds. The van der Waals surface area contributed by atoms with Gasteiger partial charge in [-0.3, -0.25) is 4.79 Å². The number of hydrogen-bond acceptors (Lipinski definition) is 4. The van der Waals surface area contributed by atoms with Crippen LogP contribution in [0.25, 0.3) is 0 Å². The molecule has 0 saturated carbocycles.